The second kappa shape index (κ2) is 9.02. The lowest BCUT2D eigenvalue weighted by atomic mass is 10.1. The molecule has 0 radical (unpaired) electrons. The molecule has 0 atom stereocenters. The molecule has 4 rings (SSSR count). The highest BCUT2D eigenvalue weighted by atomic mass is 32.2. The third-order valence-corrected chi connectivity index (χ3v) is 7.13. The molecular weight excluding hydrogens is 489 g/mol. The van der Waals surface area contributed by atoms with Crippen LogP contribution in [0.3, 0.4) is 0 Å². The fourth-order valence-electron chi connectivity index (χ4n) is 3.78. The van der Waals surface area contributed by atoms with Crippen molar-refractivity contribution in [3.05, 3.63) is 71.5 Å². The average Bonchev–Trinajstić information content (AvgIpc) is 2.82. The van der Waals surface area contributed by atoms with E-state index in [-0.39, 0.29) is 33.5 Å². The maximum atomic E-state index is 14.4. The number of benzene rings is 3. The molecule has 1 heterocycles. The predicted octanol–water partition coefficient (Wildman–Crippen LogP) is 4.47. The van der Waals surface area contributed by atoms with E-state index < -0.39 is 45.6 Å². The lowest BCUT2D eigenvalue weighted by Crippen LogP contribution is -2.50. The van der Waals surface area contributed by atoms with E-state index in [4.69, 9.17) is 14.2 Å². The number of hydrogen-bond donors (Lipinski definition) is 0. The number of halogens is 3. The first-order chi connectivity index (χ1) is 16.6. The lowest BCUT2D eigenvalue weighted by Gasteiger charge is -2.36. The number of hydrogen-bond acceptors (Lipinski definition) is 6. The van der Waals surface area contributed by atoms with Crippen LogP contribution in [0.1, 0.15) is 5.56 Å². The largest absolute Gasteiger partial charge is 0.493 e. The number of ether oxygens (including phenoxy) is 3. The maximum Gasteiger partial charge on any atom is 0.343 e. The Labute approximate surface area is 199 Å². The Kier molecular flexibility index (Phi) is 6.24. The summed E-state index contributed by atoms with van der Waals surface area (Å²) in [6, 6.07) is 7.84. The van der Waals surface area contributed by atoms with Gasteiger partial charge in [0.2, 0.25) is 5.75 Å². The Hall–Kier alpha value is -3.93. The van der Waals surface area contributed by atoms with Gasteiger partial charge in [-0.1, -0.05) is 12.1 Å². The van der Waals surface area contributed by atoms with Gasteiger partial charge in [0, 0.05) is 29.8 Å². The van der Waals surface area contributed by atoms with Gasteiger partial charge in [-0.15, -0.1) is 0 Å². The number of sulfonamides is 1. The number of fused-ring (bicyclic) bond motifs is 1. The number of carbonyl (C=O) groups is 1. The monoisotopic (exact) mass is 508 g/mol. The van der Waals surface area contributed by atoms with E-state index >= 15 is 0 Å². The van der Waals surface area contributed by atoms with Crippen molar-refractivity contribution in [2.24, 2.45) is 0 Å². The minimum atomic E-state index is -4.46. The van der Waals surface area contributed by atoms with E-state index in [1.807, 2.05) is 0 Å². The lowest BCUT2D eigenvalue weighted by molar-refractivity contribution is 0.253. The summed E-state index contributed by atoms with van der Waals surface area (Å²) < 4.78 is 85.5. The number of anilines is 2. The first kappa shape index (κ1) is 24.2. The van der Waals surface area contributed by atoms with Crippen LogP contribution in [0.25, 0.3) is 0 Å². The summed E-state index contributed by atoms with van der Waals surface area (Å²) in [5.41, 5.74) is -0.868. The minimum Gasteiger partial charge on any atom is -0.493 e. The van der Waals surface area contributed by atoms with Crippen LogP contribution in [0.5, 0.6) is 17.2 Å². The Morgan fingerprint density at radius 3 is 1.97 bits per heavy atom. The number of rotatable bonds is 6. The second-order valence-electron chi connectivity index (χ2n) is 7.34. The average molecular weight is 508 g/mol. The highest BCUT2D eigenvalue weighted by Gasteiger charge is 2.43. The zero-order chi connectivity index (χ0) is 25.5. The number of urea groups is 1. The summed E-state index contributed by atoms with van der Waals surface area (Å²) in [5, 5.41) is 0. The van der Waals surface area contributed by atoms with Crippen LogP contribution < -0.4 is 23.4 Å². The number of para-hydroxylation sites is 1. The smallest absolute Gasteiger partial charge is 0.343 e. The molecule has 2 amide bonds. The number of amides is 2. The molecule has 0 N–H and O–H groups in total. The molecular formula is C23H19F3N2O6S. The van der Waals surface area contributed by atoms with Gasteiger partial charge in [-0.25, -0.2) is 26.4 Å². The third-order valence-electron chi connectivity index (χ3n) is 5.38. The molecule has 35 heavy (non-hydrogen) atoms. The first-order valence-corrected chi connectivity index (χ1v) is 11.5. The van der Waals surface area contributed by atoms with Gasteiger partial charge in [0.05, 0.1) is 39.2 Å². The molecule has 0 aliphatic carbocycles. The van der Waals surface area contributed by atoms with E-state index in [2.05, 4.69) is 0 Å². The van der Waals surface area contributed by atoms with Gasteiger partial charge in [0.25, 0.3) is 10.0 Å². The Morgan fingerprint density at radius 1 is 0.857 bits per heavy atom. The standard InChI is InChI=1S/C23H19F3N2O6S/c1-32-19-10-14(11-20(33-2)22(19)34-3)28-23(29)27(12-15-16(25)8-13(24)9-17(15)26)18-6-4-5-7-21(18)35(28,30)31/h4-11H,12H2,1-3H3. The highest BCUT2D eigenvalue weighted by Crippen LogP contribution is 2.45. The van der Waals surface area contributed by atoms with Gasteiger partial charge in [-0.05, 0) is 12.1 Å². The second-order valence-corrected chi connectivity index (χ2v) is 9.09. The number of nitrogens with zero attached hydrogens (tertiary/aromatic N) is 2. The maximum absolute atomic E-state index is 14.4. The van der Waals surface area contributed by atoms with Crippen molar-refractivity contribution >= 4 is 27.4 Å². The summed E-state index contributed by atoms with van der Waals surface area (Å²) >= 11 is 0. The van der Waals surface area contributed by atoms with Crippen LogP contribution in [-0.2, 0) is 16.6 Å². The molecule has 12 heteroatoms. The molecule has 0 saturated carbocycles. The molecule has 0 aromatic heterocycles. The minimum absolute atomic E-state index is 0.0749. The van der Waals surface area contributed by atoms with Gasteiger partial charge in [0.1, 0.15) is 22.3 Å². The van der Waals surface area contributed by atoms with E-state index in [9.17, 15) is 26.4 Å². The van der Waals surface area contributed by atoms with E-state index in [0.29, 0.717) is 16.4 Å². The molecule has 0 spiro atoms. The highest BCUT2D eigenvalue weighted by molar-refractivity contribution is 7.94. The molecule has 184 valence electrons. The normalized spacial score (nSPS) is 14.5. The summed E-state index contributed by atoms with van der Waals surface area (Å²) in [5.74, 6) is -3.26. The summed E-state index contributed by atoms with van der Waals surface area (Å²) in [6.07, 6.45) is 0. The van der Waals surface area contributed by atoms with Crippen molar-refractivity contribution in [3.63, 3.8) is 0 Å². The molecule has 0 unspecified atom stereocenters. The van der Waals surface area contributed by atoms with Gasteiger partial charge < -0.3 is 14.2 Å². The molecule has 0 saturated heterocycles. The van der Waals surface area contributed by atoms with Gasteiger partial charge >= 0.3 is 6.03 Å². The SMILES string of the molecule is COc1cc(N2C(=O)N(Cc3c(F)cc(F)cc3F)c3ccccc3S2(=O)=O)cc(OC)c1OC. The molecule has 0 bridgehead atoms. The zero-order valence-corrected chi connectivity index (χ0v) is 19.5. The molecule has 3 aromatic carbocycles. The first-order valence-electron chi connectivity index (χ1n) is 10.0. The molecule has 0 fully saturated rings. The van der Waals surface area contributed by atoms with E-state index in [0.717, 1.165) is 4.90 Å². The van der Waals surface area contributed by atoms with E-state index in [1.165, 1.54) is 57.7 Å². The van der Waals surface area contributed by atoms with Crippen molar-refractivity contribution in [3.8, 4) is 17.2 Å². The number of carbonyl (C=O) groups excluding carboxylic acids is 1. The fraction of sp³-hybridized carbons (Fsp3) is 0.174. The quantitative estimate of drug-likeness (QED) is 0.489. The van der Waals surface area contributed by atoms with Crippen molar-refractivity contribution in [2.75, 3.05) is 30.5 Å². The Balaban J connectivity index is 1.92. The summed E-state index contributed by atoms with van der Waals surface area (Å²) in [4.78, 5) is 14.2. The topological polar surface area (TPSA) is 85.4 Å². The zero-order valence-electron chi connectivity index (χ0n) is 18.7. The van der Waals surface area contributed by atoms with Crippen molar-refractivity contribution in [1.82, 2.24) is 0 Å². The molecule has 3 aromatic rings. The van der Waals surface area contributed by atoms with Crippen LogP contribution in [0.4, 0.5) is 29.3 Å². The van der Waals surface area contributed by atoms with Crippen LogP contribution in [0, 0.1) is 17.5 Å². The Morgan fingerprint density at radius 2 is 1.43 bits per heavy atom. The Bertz CT molecular complexity index is 1380. The van der Waals surface area contributed by atoms with Gasteiger partial charge in [0.15, 0.2) is 11.5 Å². The van der Waals surface area contributed by atoms with Crippen LogP contribution in [0.15, 0.2) is 53.4 Å². The van der Waals surface area contributed by atoms with Gasteiger partial charge in [-0.3, -0.25) is 4.90 Å². The molecule has 1 aliphatic heterocycles. The predicted molar refractivity (Wildman–Crippen MR) is 120 cm³/mol. The van der Waals surface area contributed by atoms with Gasteiger partial charge in [-0.2, -0.15) is 4.31 Å². The third kappa shape index (κ3) is 3.99. The van der Waals surface area contributed by atoms with Crippen LogP contribution in [0.2, 0.25) is 0 Å². The van der Waals surface area contributed by atoms with Crippen molar-refractivity contribution in [1.29, 1.82) is 0 Å². The van der Waals surface area contributed by atoms with Crippen LogP contribution in [-0.4, -0.2) is 35.8 Å². The van der Waals surface area contributed by atoms with E-state index in [1.54, 1.807) is 0 Å². The molecule has 1 aliphatic rings. The van der Waals surface area contributed by atoms with Crippen molar-refractivity contribution in [2.45, 2.75) is 11.4 Å². The fourth-order valence-corrected chi connectivity index (χ4v) is 5.36. The number of methoxy groups -OCH3 is 3. The summed E-state index contributed by atoms with van der Waals surface area (Å²) in [6.45, 7) is -0.704. The summed E-state index contributed by atoms with van der Waals surface area (Å²) in [7, 11) is -0.481. The van der Waals surface area contributed by atoms with Crippen LogP contribution >= 0.6 is 0 Å². The van der Waals surface area contributed by atoms with Crippen molar-refractivity contribution < 1.29 is 40.6 Å². The molecule has 8 nitrogen and oxygen atoms in total.